The standard InChI is InChI=1S/C12H9Br/c13-11-6-9-3-1-2-8-4-5-10(7-11)12(8)9/h1-3,6-7H,4-5H2. The van der Waals surface area contributed by atoms with Crippen LogP contribution in [-0.4, -0.2) is 0 Å². The Morgan fingerprint density at radius 1 is 1.00 bits per heavy atom. The number of hydrogen-bond donors (Lipinski definition) is 0. The van der Waals surface area contributed by atoms with Crippen LogP contribution in [-0.2, 0) is 12.8 Å². The molecule has 0 aliphatic heterocycles. The van der Waals surface area contributed by atoms with Crippen LogP contribution in [0.2, 0.25) is 0 Å². The number of hydrogen-bond acceptors (Lipinski definition) is 0. The molecule has 0 radical (unpaired) electrons. The molecular weight excluding hydrogens is 224 g/mol. The molecule has 13 heavy (non-hydrogen) atoms. The van der Waals surface area contributed by atoms with Crippen molar-refractivity contribution in [2.75, 3.05) is 0 Å². The molecule has 0 heterocycles. The van der Waals surface area contributed by atoms with Crippen molar-refractivity contribution in [1.82, 2.24) is 0 Å². The highest BCUT2D eigenvalue weighted by Crippen LogP contribution is 2.33. The highest BCUT2D eigenvalue weighted by Gasteiger charge is 2.13. The molecule has 0 aromatic heterocycles. The first-order valence-electron chi connectivity index (χ1n) is 4.54. The van der Waals surface area contributed by atoms with Gasteiger partial charge in [-0.05, 0) is 46.9 Å². The van der Waals surface area contributed by atoms with Gasteiger partial charge in [-0.15, -0.1) is 0 Å². The van der Waals surface area contributed by atoms with Gasteiger partial charge in [-0.2, -0.15) is 0 Å². The lowest BCUT2D eigenvalue weighted by atomic mass is 10.1. The lowest BCUT2D eigenvalue weighted by Crippen LogP contribution is -1.78. The molecule has 2 aromatic rings. The quantitative estimate of drug-likeness (QED) is 0.650. The molecule has 0 saturated heterocycles. The second kappa shape index (κ2) is 2.58. The summed E-state index contributed by atoms with van der Waals surface area (Å²) in [4.78, 5) is 0. The van der Waals surface area contributed by atoms with Crippen LogP contribution in [0.1, 0.15) is 11.1 Å². The van der Waals surface area contributed by atoms with E-state index in [-0.39, 0.29) is 0 Å². The molecule has 0 bridgehead atoms. The Kier molecular flexibility index (Phi) is 1.50. The molecule has 0 saturated carbocycles. The summed E-state index contributed by atoms with van der Waals surface area (Å²) in [6.45, 7) is 0. The van der Waals surface area contributed by atoms with Crippen LogP contribution in [0.15, 0.2) is 34.8 Å². The van der Waals surface area contributed by atoms with Crippen LogP contribution in [0.4, 0.5) is 0 Å². The predicted octanol–water partition coefficient (Wildman–Crippen LogP) is 3.70. The maximum atomic E-state index is 3.55. The third-order valence-corrected chi connectivity index (χ3v) is 3.23. The van der Waals surface area contributed by atoms with E-state index < -0.39 is 0 Å². The number of benzene rings is 2. The normalized spacial score (nSPS) is 13.9. The Morgan fingerprint density at radius 3 is 2.77 bits per heavy atom. The van der Waals surface area contributed by atoms with Gasteiger partial charge in [-0.3, -0.25) is 0 Å². The number of halogens is 1. The van der Waals surface area contributed by atoms with Gasteiger partial charge in [0.15, 0.2) is 0 Å². The van der Waals surface area contributed by atoms with Crippen molar-refractivity contribution in [3.63, 3.8) is 0 Å². The molecule has 0 N–H and O–H groups in total. The van der Waals surface area contributed by atoms with E-state index in [1.165, 1.54) is 39.2 Å². The second-order valence-electron chi connectivity index (χ2n) is 3.58. The van der Waals surface area contributed by atoms with Gasteiger partial charge in [-0.1, -0.05) is 34.1 Å². The van der Waals surface area contributed by atoms with E-state index in [0.717, 1.165) is 0 Å². The fourth-order valence-corrected chi connectivity index (χ4v) is 2.76. The maximum Gasteiger partial charge on any atom is 0.0184 e. The Labute approximate surface area is 85.7 Å². The predicted molar refractivity (Wildman–Crippen MR) is 59.1 cm³/mol. The van der Waals surface area contributed by atoms with E-state index >= 15 is 0 Å². The van der Waals surface area contributed by atoms with E-state index in [1.807, 2.05) is 0 Å². The van der Waals surface area contributed by atoms with Gasteiger partial charge in [0.25, 0.3) is 0 Å². The molecule has 64 valence electrons. The van der Waals surface area contributed by atoms with Crippen LogP contribution in [0.5, 0.6) is 0 Å². The van der Waals surface area contributed by atoms with Crippen LogP contribution < -0.4 is 0 Å². The van der Waals surface area contributed by atoms with Crippen molar-refractivity contribution < 1.29 is 0 Å². The summed E-state index contributed by atoms with van der Waals surface area (Å²) < 4.78 is 1.20. The van der Waals surface area contributed by atoms with Crippen molar-refractivity contribution in [3.8, 4) is 0 Å². The summed E-state index contributed by atoms with van der Waals surface area (Å²) in [6.07, 6.45) is 2.42. The molecule has 1 heteroatoms. The summed E-state index contributed by atoms with van der Waals surface area (Å²) in [5, 5.41) is 2.87. The first-order chi connectivity index (χ1) is 6.34. The van der Waals surface area contributed by atoms with E-state index in [1.54, 1.807) is 0 Å². The summed E-state index contributed by atoms with van der Waals surface area (Å²) in [5.41, 5.74) is 3.01. The molecule has 2 aromatic carbocycles. The van der Waals surface area contributed by atoms with E-state index in [0.29, 0.717) is 0 Å². The molecule has 3 rings (SSSR count). The maximum absolute atomic E-state index is 3.55. The summed E-state index contributed by atoms with van der Waals surface area (Å²) in [5.74, 6) is 0. The topological polar surface area (TPSA) is 0 Å². The van der Waals surface area contributed by atoms with Crippen molar-refractivity contribution in [1.29, 1.82) is 0 Å². The first kappa shape index (κ1) is 7.57. The molecule has 0 unspecified atom stereocenters. The van der Waals surface area contributed by atoms with Gasteiger partial charge in [0.2, 0.25) is 0 Å². The molecule has 0 amide bonds. The van der Waals surface area contributed by atoms with Gasteiger partial charge in [0.05, 0.1) is 0 Å². The third kappa shape index (κ3) is 1.03. The monoisotopic (exact) mass is 232 g/mol. The Morgan fingerprint density at radius 2 is 1.85 bits per heavy atom. The number of aryl methyl sites for hydroxylation is 2. The summed E-state index contributed by atoms with van der Waals surface area (Å²) in [7, 11) is 0. The van der Waals surface area contributed by atoms with Crippen molar-refractivity contribution >= 4 is 26.7 Å². The summed E-state index contributed by atoms with van der Waals surface area (Å²) >= 11 is 3.55. The lowest BCUT2D eigenvalue weighted by molar-refractivity contribution is 1.02. The SMILES string of the molecule is Brc1cc2c3c(cccc3c1)CC2. The van der Waals surface area contributed by atoms with E-state index in [4.69, 9.17) is 0 Å². The van der Waals surface area contributed by atoms with Crippen molar-refractivity contribution in [2.24, 2.45) is 0 Å². The first-order valence-corrected chi connectivity index (χ1v) is 5.34. The van der Waals surface area contributed by atoms with Crippen molar-refractivity contribution in [3.05, 3.63) is 45.9 Å². The fourth-order valence-electron chi connectivity index (χ4n) is 2.24. The smallest absolute Gasteiger partial charge is 0.0184 e. The largest absolute Gasteiger partial charge is 0.0614 e. The van der Waals surface area contributed by atoms with E-state index in [2.05, 4.69) is 46.3 Å². The van der Waals surface area contributed by atoms with Crippen LogP contribution in [0.3, 0.4) is 0 Å². The Hall–Kier alpha value is -0.820. The molecule has 1 aliphatic carbocycles. The Bertz CT molecular complexity index is 486. The zero-order chi connectivity index (χ0) is 8.84. The van der Waals surface area contributed by atoms with Crippen LogP contribution >= 0.6 is 15.9 Å². The summed E-state index contributed by atoms with van der Waals surface area (Å²) in [6, 6.07) is 11.0. The second-order valence-corrected chi connectivity index (χ2v) is 4.50. The van der Waals surface area contributed by atoms with Gasteiger partial charge in [-0.25, -0.2) is 0 Å². The average Bonchev–Trinajstić information content (AvgIpc) is 2.50. The highest BCUT2D eigenvalue weighted by atomic mass is 79.9. The highest BCUT2D eigenvalue weighted by molar-refractivity contribution is 9.10. The van der Waals surface area contributed by atoms with Crippen molar-refractivity contribution in [2.45, 2.75) is 12.8 Å². The van der Waals surface area contributed by atoms with Gasteiger partial charge in [0, 0.05) is 4.47 Å². The van der Waals surface area contributed by atoms with Crippen LogP contribution in [0.25, 0.3) is 10.8 Å². The zero-order valence-electron chi connectivity index (χ0n) is 7.18. The third-order valence-electron chi connectivity index (χ3n) is 2.77. The van der Waals surface area contributed by atoms with E-state index in [9.17, 15) is 0 Å². The van der Waals surface area contributed by atoms with Gasteiger partial charge < -0.3 is 0 Å². The lowest BCUT2D eigenvalue weighted by Gasteiger charge is -2.01. The molecule has 0 atom stereocenters. The zero-order valence-corrected chi connectivity index (χ0v) is 8.76. The van der Waals surface area contributed by atoms with Crippen LogP contribution in [0, 0.1) is 0 Å². The Balaban J connectivity index is 2.54. The minimum atomic E-state index is 1.20. The molecule has 0 nitrogen and oxygen atoms in total. The number of rotatable bonds is 0. The molecule has 0 spiro atoms. The molecular formula is C12H9Br. The molecule has 0 fully saturated rings. The minimum absolute atomic E-state index is 1.20. The average molecular weight is 233 g/mol. The molecule has 1 aliphatic rings. The van der Waals surface area contributed by atoms with Gasteiger partial charge in [0.1, 0.15) is 0 Å². The fraction of sp³-hybridized carbons (Fsp3) is 0.167. The minimum Gasteiger partial charge on any atom is -0.0614 e. The van der Waals surface area contributed by atoms with Gasteiger partial charge >= 0.3 is 0 Å².